The second kappa shape index (κ2) is 6.12. The van der Waals surface area contributed by atoms with Crippen LogP contribution in [0.1, 0.15) is 38.5 Å². The highest BCUT2D eigenvalue weighted by atomic mass is 35.5. The van der Waals surface area contributed by atoms with Crippen molar-refractivity contribution in [3.05, 3.63) is 38.7 Å². The number of hydrogen-bond donors (Lipinski definition) is 1. The molecule has 0 saturated heterocycles. The van der Waals surface area contributed by atoms with Gasteiger partial charge in [-0.1, -0.05) is 31.5 Å². The van der Waals surface area contributed by atoms with Crippen LogP contribution in [-0.2, 0) is 0 Å². The number of rotatable bonds is 1. The molecular formula is C13H18ClNS. The Balaban J connectivity index is 0.000000606. The molecule has 1 heterocycles. The first kappa shape index (κ1) is 13.3. The fourth-order valence-electron chi connectivity index (χ4n) is 1.57. The zero-order valence-corrected chi connectivity index (χ0v) is 11.6. The van der Waals surface area contributed by atoms with E-state index in [0.717, 1.165) is 22.9 Å². The topological polar surface area (TPSA) is 26.0 Å². The molecule has 0 aromatic carbocycles. The molecule has 0 amide bonds. The molecule has 2 rings (SSSR count). The number of hydrogen-bond acceptors (Lipinski definition) is 2. The molecule has 0 atom stereocenters. The van der Waals surface area contributed by atoms with Crippen LogP contribution in [0.3, 0.4) is 0 Å². The largest absolute Gasteiger partial charge is 0.402 e. The maximum atomic E-state index is 5.90. The van der Waals surface area contributed by atoms with E-state index in [1.54, 1.807) is 11.3 Å². The molecule has 0 unspecified atom stereocenters. The Hall–Kier alpha value is -0.730. The van der Waals surface area contributed by atoms with E-state index in [9.17, 15) is 0 Å². The van der Waals surface area contributed by atoms with Crippen molar-refractivity contribution in [1.82, 2.24) is 0 Å². The predicted molar refractivity (Wildman–Crippen MR) is 74.8 cm³/mol. The summed E-state index contributed by atoms with van der Waals surface area (Å²) >= 11 is 7.53. The lowest BCUT2D eigenvalue weighted by molar-refractivity contribution is 0.938. The second-order valence-electron chi connectivity index (χ2n) is 3.48. The van der Waals surface area contributed by atoms with Gasteiger partial charge in [0.15, 0.2) is 0 Å². The third-order valence-electron chi connectivity index (χ3n) is 2.45. The van der Waals surface area contributed by atoms with Crippen LogP contribution in [0.15, 0.2) is 29.5 Å². The van der Waals surface area contributed by atoms with E-state index in [-0.39, 0.29) is 0 Å². The summed E-state index contributed by atoms with van der Waals surface area (Å²) in [7, 11) is 0. The Bertz CT molecular complexity index is 415. The van der Waals surface area contributed by atoms with Crippen LogP contribution in [0.2, 0.25) is 4.34 Å². The summed E-state index contributed by atoms with van der Waals surface area (Å²) in [5.74, 6) is 0. The summed E-state index contributed by atoms with van der Waals surface area (Å²) in [6.45, 7) is 6.06. The van der Waals surface area contributed by atoms with E-state index in [4.69, 9.17) is 17.3 Å². The van der Waals surface area contributed by atoms with E-state index in [2.05, 4.69) is 19.1 Å². The number of allylic oxidation sites excluding steroid dienone is 4. The normalized spacial score (nSPS) is 15.4. The van der Waals surface area contributed by atoms with Crippen LogP contribution >= 0.6 is 22.9 Å². The van der Waals surface area contributed by atoms with Crippen molar-refractivity contribution in [3.8, 4) is 0 Å². The second-order valence-corrected chi connectivity index (χ2v) is 5.20. The summed E-state index contributed by atoms with van der Waals surface area (Å²) < 4.78 is 0.848. The maximum Gasteiger partial charge on any atom is 0.0934 e. The number of nitrogens with two attached hydrogens (primary N) is 1. The fourth-order valence-corrected chi connectivity index (χ4v) is 2.66. The molecular weight excluding hydrogens is 238 g/mol. The van der Waals surface area contributed by atoms with E-state index in [1.807, 2.05) is 19.9 Å². The zero-order valence-electron chi connectivity index (χ0n) is 10.0. The summed E-state index contributed by atoms with van der Waals surface area (Å²) in [4.78, 5) is 1.27. The quantitative estimate of drug-likeness (QED) is 0.764. The van der Waals surface area contributed by atoms with E-state index < -0.39 is 0 Å². The smallest absolute Gasteiger partial charge is 0.0934 e. The van der Waals surface area contributed by atoms with Crippen molar-refractivity contribution in [2.75, 3.05) is 0 Å². The van der Waals surface area contributed by atoms with E-state index in [0.29, 0.717) is 0 Å². The lowest BCUT2D eigenvalue weighted by atomic mass is 9.97. The maximum absolute atomic E-state index is 5.90. The minimum atomic E-state index is 0.848. The van der Waals surface area contributed by atoms with Gasteiger partial charge in [0.25, 0.3) is 0 Å². The van der Waals surface area contributed by atoms with Gasteiger partial charge in [0, 0.05) is 10.6 Å². The van der Waals surface area contributed by atoms with Gasteiger partial charge in [-0.15, -0.1) is 11.3 Å². The third kappa shape index (κ3) is 3.13. The molecule has 1 nitrogen and oxygen atoms in total. The molecule has 1 aliphatic rings. The first-order valence-electron chi connectivity index (χ1n) is 5.58. The first-order chi connectivity index (χ1) is 7.66. The Morgan fingerprint density at radius 3 is 2.44 bits per heavy atom. The van der Waals surface area contributed by atoms with E-state index >= 15 is 0 Å². The van der Waals surface area contributed by atoms with Gasteiger partial charge in [-0.3, -0.25) is 0 Å². The monoisotopic (exact) mass is 255 g/mol. The van der Waals surface area contributed by atoms with Gasteiger partial charge in [0.1, 0.15) is 0 Å². The fraction of sp³-hybridized carbons (Fsp3) is 0.385. The van der Waals surface area contributed by atoms with Crippen LogP contribution in [0, 0.1) is 0 Å². The van der Waals surface area contributed by atoms with Gasteiger partial charge < -0.3 is 5.73 Å². The summed E-state index contributed by atoms with van der Waals surface area (Å²) in [5, 5.41) is 0. The molecule has 1 aromatic heterocycles. The minimum absolute atomic E-state index is 0.848. The van der Waals surface area contributed by atoms with E-state index in [1.165, 1.54) is 16.0 Å². The molecule has 0 spiro atoms. The average molecular weight is 256 g/mol. The lowest BCUT2D eigenvalue weighted by Gasteiger charge is -2.14. The SMILES string of the molecule is CC.CC1=C(N)CCC(c2ccc(Cl)s2)=C1. The predicted octanol–water partition coefficient (Wildman–Crippen LogP) is 4.84. The zero-order chi connectivity index (χ0) is 12.1. The number of halogens is 1. The van der Waals surface area contributed by atoms with Crippen molar-refractivity contribution in [1.29, 1.82) is 0 Å². The molecule has 0 aliphatic heterocycles. The van der Waals surface area contributed by atoms with Crippen LogP contribution in [0.25, 0.3) is 5.57 Å². The Labute approximate surface area is 107 Å². The molecule has 0 fully saturated rings. The summed E-state index contributed by atoms with van der Waals surface area (Å²) in [6, 6.07) is 4.02. The Morgan fingerprint density at radius 2 is 1.94 bits per heavy atom. The Morgan fingerprint density at radius 1 is 1.25 bits per heavy atom. The van der Waals surface area contributed by atoms with Crippen molar-refractivity contribution in [2.24, 2.45) is 5.73 Å². The standard InChI is InChI=1S/C11H12ClNS.C2H6/c1-7-6-8(2-3-9(7)13)10-4-5-11(12)14-10;1-2/h4-6H,2-3,13H2,1H3;1-2H3. The molecule has 0 radical (unpaired) electrons. The molecule has 16 heavy (non-hydrogen) atoms. The molecule has 1 aliphatic carbocycles. The Kier molecular flexibility index (Phi) is 5.10. The first-order valence-corrected chi connectivity index (χ1v) is 6.78. The van der Waals surface area contributed by atoms with Crippen LogP contribution in [-0.4, -0.2) is 0 Å². The van der Waals surface area contributed by atoms with Gasteiger partial charge in [-0.05, 0) is 43.0 Å². The average Bonchev–Trinajstić information content (AvgIpc) is 2.72. The molecule has 0 saturated carbocycles. The third-order valence-corrected chi connectivity index (χ3v) is 3.76. The van der Waals surface area contributed by atoms with Crippen LogP contribution in [0.4, 0.5) is 0 Å². The van der Waals surface area contributed by atoms with Gasteiger partial charge >= 0.3 is 0 Å². The molecule has 1 aromatic rings. The lowest BCUT2D eigenvalue weighted by Crippen LogP contribution is -2.04. The molecule has 2 N–H and O–H groups in total. The van der Waals surface area contributed by atoms with Gasteiger partial charge in [0.05, 0.1) is 4.34 Å². The van der Waals surface area contributed by atoms with Crippen LogP contribution < -0.4 is 5.73 Å². The van der Waals surface area contributed by atoms with Crippen molar-refractivity contribution >= 4 is 28.5 Å². The highest BCUT2D eigenvalue weighted by Crippen LogP contribution is 2.34. The highest BCUT2D eigenvalue weighted by Gasteiger charge is 2.11. The highest BCUT2D eigenvalue weighted by molar-refractivity contribution is 7.17. The number of thiophene rings is 1. The molecule has 3 heteroatoms. The molecule has 0 bridgehead atoms. The summed E-state index contributed by atoms with van der Waals surface area (Å²) in [5.41, 5.74) is 9.39. The summed E-state index contributed by atoms with van der Waals surface area (Å²) in [6.07, 6.45) is 4.16. The molecule has 88 valence electrons. The van der Waals surface area contributed by atoms with Gasteiger partial charge in [-0.2, -0.15) is 0 Å². The van der Waals surface area contributed by atoms with Gasteiger partial charge in [-0.25, -0.2) is 0 Å². The van der Waals surface area contributed by atoms with Gasteiger partial charge in [0.2, 0.25) is 0 Å². The van der Waals surface area contributed by atoms with Crippen molar-refractivity contribution < 1.29 is 0 Å². The minimum Gasteiger partial charge on any atom is -0.402 e. The van der Waals surface area contributed by atoms with Crippen LogP contribution in [0.5, 0.6) is 0 Å². The van der Waals surface area contributed by atoms with Crippen molar-refractivity contribution in [3.63, 3.8) is 0 Å². The van der Waals surface area contributed by atoms with Crippen molar-refractivity contribution in [2.45, 2.75) is 33.6 Å².